The second-order valence-corrected chi connectivity index (χ2v) is 5.49. The molecule has 0 bridgehead atoms. The Kier molecular flexibility index (Phi) is 3.63. The molecular formula is C17H17N5O. The van der Waals surface area contributed by atoms with E-state index in [-0.39, 0.29) is 0 Å². The Bertz CT molecular complexity index is 769. The molecule has 0 spiro atoms. The van der Waals surface area contributed by atoms with E-state index in [2.05, 4.69) is 24.8 Å². The number of fused-ring (bicyclic) bond motifs is 1. The molecule has 0 saturated carbocycles. The first-order valence-electron chi connectivity index (χ1n) is 7.63. The molecule has 0 unspecified atom stereocenters. The first-order chi connectivity index (χ1) is 11.4. The van der Waals surface area contributed by atoms with Crippen LogP contribution in [0.25, 0.3) is 0 Å². The molecule has 116 valence electrons. The van der Waals surface area contributed by atoms with Gasteiger partial charge in [0.15, 0.2) is 5.75 Å². The van der Waals surface area contributed by atoms with E-state index in [4.69, 9.17) is 4.74 Å². The standard InChI is InChI=1S/C17H17N5O/c1-2-4-13(5-3-1)11-23-14-8-18-17(19-9-14)22-7-6-15-16(10-22)21-12-20-15/h1-5,8-9,12H,6-7,10-11H2,(H,20,21). The third-order valence-electron chi connectivity index (χ3n) is 3.92. The van der Waals surface area contributed by atoms with Crippen molar-refractivity contribution in [1.82, 2.24) is 19.9 Å². The van der Waals surface area contributed by atoms with Crippen molar-refractivity contribution in [3.05, 3.63) is 66.0 Å². The molecule has 0 aliphatic carbocycles. The molecule has 1 N–H and O–H groups in total. The normalized spacial score (nSPS) is 13.7. The minimum atomic E-state index is 0.519. The van der Waals surface area contributed by atoms with E-state index in [9.17, 15) is 0 Å². The number of aromatic nitrogens is 4. The van der Waals surface area contributed by atoms with Crippen LogP contribution in [0.5, 0.6) is 5.75 Å². The van der Waals surface area contributed by atoms with Crippen molar-refractivity contribution < 1.29 is 4.74 Å². The molecule has 1 aliphatic rings. The number of ether oxygens (including phenoxy) is 1. The summed E-state index contributed by atoms with van der Waals surface area (Å²) < 4.78 is 5.72. The van der Waals surface area contributed by atoms with Crippen molar-refractivity contribution in [2.45, 2.75) is 19.6 Å². The molecule has 6 nitrogen and oxygen atoms in total. The van der Waals surface area contributed by atoms with Gasteiger partial charge in [0.1, 0.15) is 6.61 Å². The van der Waals surface area contributed by atoms with Gasteiger partial charge in [-0.25, -0.2) is 15.0 Å². The first kappa shape index (κ1) is 13.8. The van der Waals surface area contributed by atoms with E-state index in [0.29, 0.717) is 12.4 Å². The van der Waals surface area contributed by atoms with Crippen LogP contribution in [0.1, 0.15) is 17.0 Å². The molecule has 1 aromatic carbocycles. The van der Waals surface area contributed by atoms with Gasteiger partial charge in [-0.15, -0.1) is 0 Å². The van der Waals surface area contributed by atoms with E-state index in [1.165, 1.54) is 0 Å². The summed E-state index contributed by atoms with van der Waals surface area (Å²) in [5, 5.41) is 0. The smallest absolute Gasteiger partial charge is 0.225 e. The van der Waals surface area contributed by atoms with Crippen LogP contribution in [0, 0.1) is 0 Å². The second-order valence-electron chi connectivity index (χ2n) is 5.49. The van der Waals surface area contributed by atoms with Gasteiger partial charge < -0.3 is 14.6 Å². The Hall–Kier alpha value is -2.89. The maximum Gasteiger partial charge on any atom is 0.225 e. The van der Waals surface area contributed by atoms with Crippen LogP contribution in [0.3, 0.4) is 0 Å². The highest BCUT2D eigenvalue weighted by Crippen LogP contribution is 2.20. The SMILES string of the molecule is c1ccc(COc2cnc(N3CCc4nc[nH]c4C3)nc2)cc1. The summed E-state index contributed by atoms with van der Waals surface area (Å²) in [5.74, 6) is 1.40. The van der Waals surface area contributed by atoms with Crippen LogP contribution in [0.4, 0.5) is 5.95 Å². The second kappa shape index (κ2) is 6.08. The van der Waals surface area contributed by atoms with Crippen LogP contribution >= 0.6 is 0 Å². The van der Waals surface area contributed by atoms with Crippen molar-refractivity contribution in [3.8, 4) is 5.75 Å². The fraction of sp³-hybridized carbons (Fsp3) is 0.235. The molecule has 0 atom stereocenters. The third-order valence-corrected chi connectivity index (χ3v) is 3.92. The zero-order valence-corrected chi connectivity index (χ0v) is 12.6. The van der Waals surface area contributed by atoms with Crippen LogP contribution in [0.15, 0.2) is 49.1 Å². The summed E-state index contributed by atoms with van der Waals surface area (Å²) >= 11 is 0. The number of hydrogen-bond donors (Lipinski definition) is 1. The Morgan fingerprint density at radius 1 is 1.09 bits per heavy atom. The lowest BCUT2D eigenvalue weighted by molar-refractivity contribution is 0.303. The molecule has 3 heterocycles. The number of H-pyrrole nitrogens is 1. The van der Waals surface area contributed by atoms with Gasteiger partial charge in [0, 0.05) is 13.0 Å². The monoisotopic (exact) mass is 307 g/mol. The van der Waals surface area contributed by atoms with Gasteiger partial charge in [-0.05, 0) is 5.56 Å². The zero-order valence-electron chi connectivity index (χ0n) is 12.6. The summed E-state index contributed by atoms with van der Waals surface area (Å²) in [6, 6.07) is 10.1. The highest BCUT2D eigenvalue weighted by Gasteiger charge is 2.20. The van der Waals surface area contributed by atoms with Gasteiger partial charge in [0.2, 0.25) is 5.95 Å². The summed E-state index contributed by atoms with van der Waals surface area (Å²) in [6.45, 7) is 2.16. The number of benzene rings is 1. The Morgan fingerprint density at radius 2 is 1.91 bits per heavy atom. The number of anilines is 1. The summed E-state index contributed by atoms with van der Waals surface area (Å²) in [7, 11) is 0. The largest absolute Gasteiger partial charge is 0.486 e. The quantitative estimate of drug-likeness (QED) is 0.801. The lowest BCUT2D eigenvalue weighted by Gasteiger charge is -2.26. The predicted octanol–water partition coefficient (Wildman–Crippen LogP) is 2.34. The van der Waals surface area contributed by atoms with Crippen LogP contribution in [-0.2, 0) is 19.6 Å². The van der Waals surface area contributed by atoms with E-state index in [0.717, 1.165) is 42.4 Å². The molecule has 6 heteroatoms. The Morgan fingerprint density at radius 3 is 2.74 bits per heavy atom. The molecule has 0 saturated heterocycles. The predicted molar refractivity (Wildman–Crippen MR) is 86.1 cm³/mol. The molecule has 0 amide bonds. The Labute approximate surface area is 134 Å². The number of aromatic amines is 1. The molecule has 0 radical (unpaired) electrons. The summed E-state index contributed by atoms with van der Waals surface area (Å²) in [4.78, 5) is 18.5. The molecule has 4 rings (SSSR count). The molecular weight excluding hydrogens is 290 g/mol. The molecule has 23 heavy (non-hydrogen) atoms. The van der Waals surface area contributed by atoms with Gasteiger partial charge in [0.05, 0.1) is 36.7 Å². The van der Waals surface area contributed by atoms with E-state index >= 15 is 0 Å². The molecule has 2 aromatic heterocycles. The maximum atomic E-state index is 5.72. The van der Waals surface area contributed by atoms with Gasteiger partial charge in [-0.2, -0.15) is 0 Å². The Balaban J connectivity index is 1.40. The van der Waals surface area contributed by atoms with Gasteiger partial charge in [-0.1, -0.05) is 30.3 Å². The number of imidazole rings is 1. The van der Waals surface area contributed by atoms with E-state index < -0.39 is 0 Å². The van der Waals surface area contributed by atoms with Crippen molar-refractivity contribution in [3.63, 3.8) is 0 Å². The number of rotatable bonds is 4. The number of nitrogens with zero attached hydrogens (tertiary/aromatic N) is 4. The van der Waals surface area contributed by atoms with Crippen molar-refractivity contribution in [2.24, 2.45) is 0 Å². The number of nitrogens with one attached hydrogen (secondary N) is 1. The molecule has 1 aliphatic heterocycles. The lowest BCUT2D eigenvalue weighted by Crippen LogP contribution is -2.31. The average Bonchev–Trinajstić information content (AvgIpc) is 3.09. The van der Waals surface area contributed by atoms with Gasteiger partial charge in [0.25, 0.3) is 0 Å². The summed E-state index contributed by atoms with van der Waals surface area (Å²) in [5.41, 5.74) is 3.41. The third kappa shape index (κ3) is 3.01. The number of hydrogen-bond acceptors (Lipinski definition) is 5. The maximum absolute atomic E-state index is 5.72. The van der Waals surface area contributed by atoms with Crippen LogP contribution in [-0.4, -0.2) is 26.5 Å². The minimum Gasteiger partial charge on any atom is -0.486 e. The van der Waals surface area contributed by atoms with Crippen LogP contribution < -0.4 is 9.64 Å². The van der Waals surface area contributed by atoms with Crippen LogP contribution in [0.2, 0.25) is 0 Å². The lowest BCUT2D eigenvalue weighted by atomic mass is 10.1. The summed E-state index contributed by atoms with van der Waals surface area (Å²) in [6.07, 6.45) is 6.12. The van der Waals surface area contributed by atoms with Gasteiger partial charge in [-0.3, -0.25) is 0 Å². The van der Waals surface area contributed by atoms with E-state index in [1.54, 1.807) is 18.7 Å². The highest BCUT2D eigenvalue weighted by atomic mass is 16.5. The van der Waals surface area contributed by atoms with Crippen molar-refractivity contribution in [1.29, 1.82) is 0 Å². The highest BCUT2D eigenvalue weighted by molar-refractivity contribution is 5.36. The fourth-order valence-corrected chi connectivity index (χ4v) is 2.67. The van der Waals surface area contributed by atoms with Crippen molar-refractivity contribution in [2.75, 3.05) is 11.4 Å². The van der Waals surface area contributed by atoms with Crippen molar-refractivity contribution >= 4 is 5.95 Å². The first-order valence-corrected chi connectivity index (χ1v) is 7.63. The van der Waals surface area contributed by atoms with E-state index in [1.807, 2.05) is 30.3 Å². The zero-order chi connectivity index (χ0) is 15.5. The molecule has 0 fully saturated rings. The topological polar surface area (TPSA) is 66.9 Å². The average molecular weight is 307 g/mol. The molecule has 3 aromatic rings. The van der Waals surface area contributed by atoms with Gasteiger partial charge >= 0.3 is 0 Å². The minimum absolute atomic E-state index is 0.519. The fourth-order valence-electron chi connectivity index (χ4n) is 2.67.